The molecule has 0 aromatic carbocycles. The summed E-state index contributed by atoms with van der Waals surface area (Å²) in [4.78, 5) is 13.3. The van der Waals surface area contributed by atoms with Gasteiger partial charge in [0.1, 0.15) is 0 Å². The van der Waals surface area contributed by atoms with Crippen LogP contribution in [0, 0.1) is 0 Å². The van der Waals surface area contributed by atoms with E-state index in [1.54, 1.807) is 20.8 Å². The fourth-order valence-electron chi connectivity index (χ4n) is 2.10. The van der Waals surface area contributed by atoms with Crippen molar-refractivity contribution in [2.75, 3.05) is 46.4 Å². The maximum atomic E-state index is 11.9. The quantitative estimate of drug-likeness (QED) is 0.657. The van der Waals surface area contributed by atoms with E-state index in [9.17, 15) is 13.2 Å². The van der Waals surface area contributed by atoms with Gasteiger partial charge in [-0.1, -0.05) is 20.8 Å². The van der Waals surface area contributed by atoms with Crippen LogP contribution in [0.2, 0.25) is 0 Å². The lowest BCUT2D eigenvalue weighted by atomic mass is 10.5. The Balaban J connectivity index is -0.000000425. The van der Waals surface area contributed by atoms with Gasteiger partial charge in [0.2, 0.25) is 0 Å². The summed E-state index contributed by atoms with van der Waals surface area (Å²) < 4.78 is 29.7. The van der Waals surface area contributed by atoms with Gasteiger partial charge in [0.05, 0.1) is 26.7 Å². The molecule has 1 amide bonds. The van der Waals surface area contributed by atoms with Crippen molar-refractivity contribution in [3.05, 3.63) is 0 Å². The predicted molar refractivity (Wildman–Crippen MR) is 97.1 cm³/mol. The number of hydrogen-bond acceptors (Lipinski definition) is 5. The van der Waals surface area contributed by atoms with E-state index in [1.807, 2.05) is 4.72 Å². The van der Waals surface area contributed by atoms with Crippen molar-refractivity contribution in [1.29, 1.82) is 0 Å². The first-order valence-electron chi connectivity index (χ1n) is 7.93. The second kappa shape index (κ2) is 13.8. The number of hydrogen-bond donors (Lipinski definition) is 1. The molecule has 0 aliphatic carbocycles. The number of carbonyl (C=O) groups is 1. The van der Waals surface area contributed by atoms with Gasteiger partial charge in [-0.15, -0.1) is 12.4 Å². The van der Waals surface area contributed by atoms with E-state index in [4.69, 9.17) is 0 Å². The molecule has 0 aliphatic rings. The van der Waals surface area contributed by atoms with Gasteiger partial charge in [0.15, 0.2) is 0 Å². The zero-order chi connectivity index (χ0) is 17.8. The second-order valence-corrected chi connectivity index (χ2v) is 6.62. The topological polar surface area (TPSA) is 75.7 Å². The van der Waals surface area contributed by atoms with Gasteiger partial charge in [-0.2, -0.15) is 13.1 Å². The molecular formula is C14H35ClN3O4S+. The highest BCUT2D eigenvalue weighted by Crippen LogP contribution is 2.12. The summed E-state index contributed by atoms with van der Waals surface area (Å²) in [5.41, 5.74) is 0. The molecule has 0 fully saturated rings. The molecule has 0 aliphatic heterocycles. The molecule has 0 saturated carbocycles. The largest absolute Gasteiger partial charge is 0.452 e. The van der Waals surface area contributed by atoms with E-state index in [-0.39, 0.29) is 16.3 Å². The Kier molecular flexibility index (Phi) is 16.4. The molecule has 0 spiro atoms. The Labute approximate surface area is 148 Å². The fraction of sp³-hybridized carbons (Fsp3) is 0.929. The minimum Gasteiger partial charge on any atom is -0.452 e. The summed E-state index contributed by atoms with van der Waals surface area (Å²) in [5.74, 6) is 0. The van der Waals surface area contributed by atoms with Crippen LogP contribution in [0.15, 0.2) is 0 Å². The maximum Gasteiger partial charge on any atom is 0.424 e. The van der Waals surface area contributed by atoms with Crippen molar-refractivity contribution in [3.8, 4) is 0 Å². The highest BCUT2D eigenvalue weighted by molar-refractivity contribution is 7.84. The van der Waals surface area contributed by atoms with Crippen LogP contribution in [0.1, 0.15) is 41.5 Å². The first kappa shape index (κ1) is 27.3. The van der Waals surface area contributed by atoms with Crippen molar-refractivity contribution >= 4 is 28.7 Å². The molecule has 0 heterocycles. The number of amides is 1. The van der Waals surface area contributed by atoms with Gasteiger partial charge >= 0.3 is 16.3 Å². The molecule has 0 atom stereocenters. The van der Waals surface area contributed by atoms with Gasteiger partial charge in [-0.05, 0) is 40.4 Å². The average molecular weight is 377 g/mol. The number of ether oxygens (including phenoxy) is 1. The van der Waals surface area contributed by atoms with Crippen molar-refractivity contribution in [2.45, 2.75) is 41.5 Å². The number of carbonyl (C=O) groups excluding carboxylic acids is 1. The second-order valence-electron chi connectivity index (χ2n) is 4.70. The Morgan fingerprint density at radius 3 is 1.48 bits per heavy atom. The highest BCUT2D eigenvalue weighted by atomic mass is 35.5. The van der Waals surface area contributed by atoms with Crippen LogP contribution in [-0.2, 0) is 14.9 Å². The Bertz CT molecular complexity index is 383. The third-order valence-corrected chi connectivity index (χ3v) is 6.20. The number of halogens is 1. The van der Waals surface area contributed by atoms with E-state index >= 15 is 0 Å². The smallest absolute Gasteiger partial charge is 0.424 e. The zero-order valence-corrected chi connectivity index (χ0v) is 17.2. The third-order valence-electron chi connectivity index (χ3n) is 3.98. The van der Waals surface area contributed by atoms with E-state index in [2.05, 4.69) is 30.4 Å². The number of quaternary nitrogens is 1. The maximum absolute atomic E-state index is 11.9. The number of nitrogens with one attached hydrogen (secondary N) is 1. The normalized spacial score (nSPS) is 11.1. The van der Waals surface area contributed by atoms with Crippen LogP contribution >= 0.6 is 12.4 Å². The van der Waals surface area contributed by atoms with E-state index in [1.165, 1.54) is 19.6 Å². The summed E-state index contributed by atoms with van der Waals surface area (Å²) in [5, 5.41) is 0. The van der Waals surface area contributed by atoms with Crippen LogP contribution in [0.3, 0.4) is 0 Å². The standard InChI is InChI=1S/C8H18N2O4S.C6H15N.ClH/c1-5-10(6-2,7-3)15(12,13)9-8(11)14-4;1-4-7(5-2)6-3;/h5-7H2,1-4H3;4-6H2,1-3H3;1H/p+1. The molecule has 0 bridgehead atoms. The SMILES string of the molecule is CCN(CC)CC.CC[N+](CC)(CC)S(=O)(=O)NC(=O)OC.Cl. The summed E-state index contributed by atoms with van der Waals surface area (Å²) in [6.45, 7) is 16.6. The van der Waals surface area contributed by atoms with Crippen molar-refractivity contribution in [3.63, 3.8) is 0 Å². The molecular weight excluding hydrogens is 342 g/mol. The number of methoxy groups -OCH3 is 1. The Morgan fingerprint density at radius 1 is 0.957 bits per heavy atom. The molecule has 0 aromatic heterocycles. The third kappa shape index (κ3) is 8.74. The fourth-order valence-corrected chi connectivity index (χ4v) is 3.60. The molecule has 142 valence electrons. The molecule has 0 saturated heterocycles. The number of nitrogens with zero attached hydrogens (tertiary/aromatic N) is 2. The molecule has 0 unspecified atom stereocenters. The highest BCUT2D eigenvalue weighted by Gasteiger charge is 2.38. The minimum absolute atomic E-state index is 0. The molecule has 7 nitrogen and oxygen atoms in total. The molecule has 1 N–H and O–H groups in total. The van der Waals surface area contributed by atoms with Gasteiger partial charge < -0.3 is 9.64 Å². The lowest BCUT2D eigenvalue weighted by Crippen LogP contribution is -2.58. The van der Waals surface area contributed by atoms with E-state index in [0.717, 1.165) is 7.11 Å². The summed E-state index contributed by atoms with van der Waals surface area (Å²) in [6, 6.07) is 0. The Morgan fingerprint density at radius 2 is 1.30 bits per heavy atom. The van der Waals surface area contributed by atoms with Crippen molar-refractivity contribution in [1.82, 2.24) is 9.62 Å². The van der Waals surface area contributed by atoms with E-state index in [0.29, 0.717) is 19.6 Å². The summed E-state index contributed by atoms with van der Waals surface area (Å²) >= 11 is 0. The molecule has 0 radical (unpaired) electrons. The predicted octanol–water partition coefficient (Wildman–Crippen LogP) is 2.23. The molecule has 9 heteroatoms. The van der Waals surface area contributed by atoms with E-state index < -0.39 is 16.3 Å². The van der Waals surface area contributed by atoms with Crippen LogP contribution in [0.4, 0.5) is 4.79 Å². The van der Waals surface area contributed by atoms with Gasteiger partial charge in [-0.25, -0.2) is 8.68 Å². The van der Waals surface area contributed by atoms with Crippen LogP contribution in [0.5, 0.6) is 0 Å². The van der Waals surface area contributed by atoms with Crippen molar-refractivity contribution < 1.29 is 21.8 Å². The summed E-state index contributed by atoms with van der Waals surface area (Å²) in [7, 11) is -2.60. The Hall–Kier alpha value is -0.570. The lowest BCUT2D eigenvalue weighted by Gasteiger charge is -2.32. The molecule has 23 heavy (non-hydrogen) atoms. The molecule has 0 aromatic rings. The first-order valence-corrected chi connectivity index (χ1v) is 9.37. The van der Waals surface area contributed by atoms with Crippen molar-refractivity contribution in [2.24, 2.45) is 0 Å². The van der Waals surface area contributed by atoms with Crippen LogP contribution in [0.25, 0.3) is 0 Å². The first-order chi connectivity index (χ1) is 10.2. The average Bonchev–Trinajstić information content (AvgIpc) is 2.51. The van der Waals surface area contributed by atoms with Gasteiger partial charge in [-0.3, -0.25) is 0 Å². The molecule has 0 rings (SSSR count). The summed E-state index contributed by atoms with van der Waals surface area (Å²) in [6.07, 6.45) is -0.951. The van der Waals surface area contributed by atoms with Crippen LogP contribution < -0.4 is 4.72 Å². The van der Waals surface area contributed by atoms with Gasteiger partial charge in [0, 0.05) is 0 Å². The minimum atomic E-state index is -3.73. The van der Waals surface area contributed by atoms with Gasteiger partial charge in [0.25, 0.3) is 0 Å². The number of rotatable bonds is 8. The monoisotopic (exact) mass is 376 g/mol. The zero-order valence-electron chi connectivity index (χ0n) is 15.6. The van der Waals surface area contributed by atoms with Crippen LogP contribution in [-0.4, -0.2) is 69.7 Å². The lowest BCUT2D eigenvalue weighted by molar-refractivity contribution is -0.801.